The number of nitrogens with one attached hydrogen (secondary N) is 1. The number of hydrogen-bond acceptors (Lipinski definition) is 4. The van der Waals surface area contributed by atoms with Crippen molar-refractivity contribution in [2.24, 2.45) is 5.92 Å². The lowest BCUT2D eigenvalue weighted by Gasteiger charge is -2.31. The van der Waals surface area contributed by atoms with E-state index in [9.17, 15) is 4.79 Å². The van der Waals surface area contributed by atoms with E-state index in [0.29, 0.717) is 38.7 Å². The van der Waals surface area contributed by atoms with Gasteiger partial charge < -0.3 is 14.8 Å². The third kappa shape index (κ3) is 5.58. The Morgan fingerprint density at radius 3 is 2.67 bits per heavy atom. The van der Waals surface area contributed by atoms with Crippen LogP contribution in [0.5, 0.6) is 0 Å². The zero-order valence-corrected chi connectivity index (χ0v) is 14.3. The molecule has 24 heavy (non-hydrogen) atoms. The van der Waals surface area contributed by atoms with Crippen LogP contribution in [-0.2, 0) is 20.8 Å². The summed E-state index contributed by atoms with van der Waals surface area (Å²) in [5, 5.41) is 2.99. The van der Waals surface area contributed by atoms with E-state index in [0.717, 1.165) is 32.5 Å². The summed E-state index contributed by atoms with van der Waals surface area (Å²) in [4.78, 5) is 14.6. The lowest BCUT2D eigenvalue weighted by atomic mass is 9.93. The first-order chi connectivity index (χ1) is 11.8. The zero-order valence-electron chi connectivity index (χ0n) is 14.3. The molecular weight excluding hydrogens is 304 g/mol. The summed E-state index contributed by atoms with van der Waals surface area (Å²) in [6, 6.07) is 10.6. The highest BCUT2D eigenvalue weighted by Gasteiger charge is 2.22. The third-order valence-electron chi connectivity index (χ3n) is 4.84. The topological polar surface area (TPSA) is 50.8 Å². The molecule has 2 heterocycles. The number of carbonyl (C=O) groups excluding carboxylic acids is 1. The van der Waals surface area contributed by atoms with Gasteiger partial charge in [0.2, 0.25) is 5.91 Å². The van der Waals surface area contributed by atoms with E-state index in [1.165, 1.54) is 5.56 Å². The molecule has 132 valence electrons. The minimum atomic E-state index is 0.00965. The van der Waals surface area contributed by atoms with Gasteiger partial charge in [0.15, 0.2) is 0 Å². The van der Waals surface area contributed by atoms with Crippen molar-refractivity contribution in [1.82, 2.24) is 10.2 Å². The van der Waals surface area contributed by atoms with Crippen molar-refractivity contribution in [2.75, 3.05) is 39.5 Å². The molecule has 1 aromatic rings. The second-order valence-corrected chi connectivity index (χ2v) is 6.78. The highest BCUT2D eigenvalue weighted by molar-refractivity contribution is 5.76. The van der Waals surface area contributed by atoms with Gasteiger partial charge in [-0.3, -0.25) is 9.69 Å². The van der Waals surface area contributed by atoms with Crippen LogP contribution in [0.2, 0.25) is 0 Å². The molecule has 1 aromatic carbocycles. The molecule has 2 aliphatic heterocycles. The molecule has 0 bridgehead atoms. The molecule has 0 aromatic heterocycles. The van der Waals surface area contributed by atoms with Gasteiger partial charge in [-0.05, 0) is 37.4 Å². The van der Waals surface area contributed by atoms with E-state index in [1.54, 1.807) is 0 Å². The van der Waals surface area contributed by atoms with Gasteiger partial charge in [0, 0.05) is 19.5 Å². The van der Waals surface area contributed by atoms with Crippen LogP contribution in [0.1, 0.15) is 24.8 Å². The number of likely N-dealkylation sites (tertiary alicyclic amines) is 1. The number of nitrogens with zero attached hydrogens (tertiary/aromatic N) is 1. The monoisotopic (exact) mass is 332 g/mol. The van der Waals surface area contributed by atoms with Gasteiger partial charge in [-0.15, -0.1) is 0 Å². The predicted molar refractivity (Wildman–Crippen MR) is 92.6 cm³/mol. The number of hydrogen-bond donors (Lipinski definition) is 1. The molecule has 5 heteroatoms. The first kappa shape index (κ1) is 17.4. The zero-order chi connectivity index (χ0) is 16.6. The molecule has 0 saturated carbocycles. The Bertz CT molecular complexity index is 495. The van der Waals surface area contributed by atoms with Crippen molar-refractivity contribution in [3.8, 4) is 0 Å². The van der Waals surface area contributed by atoms with E-state index < -0.39 is 0 Å². The number of amides is 1. The standard InChI is InChI=1S/C19H28N2O3/c22-19(20-13-18-15-23-10-11-24-18)12-16-6-8-21(9-7-16)14-17-4-2-1-3-5-17/h1-5,16,18H,6-15H2,(H,20,22)/t18-/m1/s1. The smallest absolute Gasteiger partial charge is 0.220 e. The van der Waals surface area contributed by atoms with Crippen LogP contribution < -0.4 is 5.32 Å². The van der Waals surface area contributed by atoms with Crippen LogP contribution in [0.25, 0.3) is 0 Å². The Morgan fingerprint density at radius 1 is 1.17 bits per heavy atom. The number of rotatable bonds is 6. The molecule has 2 saturated heterocycles. The molecule has 0 radical (unpaired) electrons. The van der Waals surface area contributed by atoms with Gasteiger partial charge >= 0.3 is 0 Å². The molecule has 2 fully saturated rings. The van der Waals surface area contributed by atoms with Crippen molar-refractivity contribution < 1.29 is 14.3 Å². The van der Waals surface area contributed by atoms with Crippen molar-refractivity contribution >= 4 is 5.91 Å². The number of piperidine rings is 1. The Morgan fingerprint density at radius 2 is 1.96 bits per heavy atom. The van der Waals surface area contributed by atoms with Crippen molar-refractivity contribution in [2.45, 2.75) is 31.9 Å². The number of benzene rings is 1. The van der Waals surface area contributed by atoms with Crippen LogP contribution in [0.4, 0.5) is 0 Å². The maximum atomic E-state index is 12.1. The molecule has 0 aliphatic carbocycles. The van der Waals surface area contributed by atoms with Crippen LogP contribution in [0.3, 0.4) is 0 Å². The molecule has 0 spiro atoms. The van der Waals surface area contributed by atoms with E-state index in [4.69, 9.17) is 9.47 Å². The summed E-state index contributed by atoms with van der Waals surface area (Å²) in [5.41, 5.74) is 1.36. The van der Waals surface area contributed by atoms with Crippen molar-refractivity contribution in [3.63, 3.8) is 0 Å². The normalized spacial score (nSPS) is 23.1. The second kappa shape index (κ2) is 9.16. The summed E-state index contributed by atoms with van der Waals surface area (Å²) in [5.74, 6) is 0.645. The first-order valence-electron chi connectivity index (χ1n) is 9.02. The Hall–Kier alpha value is -1.43. The highest BCUT2D eigenvalue weighted by Crippen LogP contribution is 2.21. The van der Waals surface area contributed by atoms with Crippen LogP contribution >= 0.6 is 0 Å². The fourth-order valence-corrected chi connectivity index (χ4v) is 3.41. The van der Waals surface area contributed by atoms with Gasteiger partial charge in [0.05, 0.1) is 25.9 Å². The van der Waals surface area contributed by atoms with E-state index in [2.05, 4.69) is 40.5 Å². The molecule has 2 aliphatic rings. The lowest BCUT2D eigenvalue weighted by Crippen LogP contribution is -2.41. The van der Waals surface area contributed by atoms with E-state index in [-0.39, 0.29) is 12.0 Å². The maximum Gasteiger partial charge on any atom is 0.220 e. The van der Waals surface area contributed by atoms with Crippen molar-refractivity contribution in [1.29, 1.82) is 0 Å². The SMILES string of the molecule is O=C(CC1CCN(Cc2ccccc2)CC1)NC[C@@H]1COCCO1. The Balaban J connectivity index is 1.32. The molecule has 0 unspecified atom stereocenters. The minimum absolute atomic E-state index is 0.00965. The third-order valence-corrected chi connectivity index (χ3v) is 4.84. The summed E-state index contributed by atoms with van der Waals surface area (Å²) < 4.78 is 10.9. The predicted octanol–water partition coefficient (Wildman–Crippen LogP) is 1.82. The van der Waals surface area contributed by atoms with Gasteiger partial charge in [-0.1, -0.05) is 30.3 Å². The fourth-order valence-electron chi connectivity index (χ4n) is 3.41. The Labute approximate surface area is 144 Å². The average molecular weight is 332 g/mol. The van der Waals surface area contributed by atoms with Gasteiger partial charge in [0.25, 0.3) is 0 Å². The minimum Gasteiger partial charge on any atom is -0.376 e. The summed E-state index contributed by atoms with van der Waals surface area (Å²) in [6.45, 7) is 5.59. The van der Waals surface area contributed by atoms with Gasteiger partial charge in [-0.25, -0.2) is 0 Å². The van der Waals surface area contributed by atoms with Crippen molar-refractivity contribution in [3.05, 3.63) is 35.9 Å². The largest absolute Gasteiger partial charge is 0.376 e. The van der Waals surface area contributed by atoms with E-state index >= 15 is 0 Å². The van der Waals surface area contributed by atoms with Gasteiger partial charge in [0.1, 0.15) is 0 Å². The van der Waals surface area contributed by atoms with Crippen LogP contribution in [0, 0.1) is 5.92 Å². The highest BCUT2D eigenvalue weighted by atomic mass is 16.6. The Kier molecular flexibility index (Phi) is 6.64. The number of carbonyl (C=O) groups is 1. The average Bonchev–Trinajstić information content (AvgIpc) is 2.63. The first-order valence-corrected chi connectivity index (χ1v) is 9.02. The molecule has 1 atom stereocenters. The quantitative estimate of drug-likeness (QED) is 0.863. The molecule has 3 rings (SSSR count). The summed E-state index contributed by atoms with van der Waals surface area (Å²) in [6.07, 6.45) is 2.84. The van der Waals surface area contributed by atoms with Gasteiger partial charge in [-0.2, -0.15) is 0 Å². The van der Waals surface area contributed by atoms with Crippen LogP contribution in [0.15, 0.2) is 30.3 Å². The molecule has 5 nitrogen and oxygen atoms in total. The van der Waals surface area contributed by atoms with E-state index in [1.807, 2.05) is 0 Å². The molecule has 1 N–H and O–H groups in total. The fraction of sp³-hybridized carbons (Fsp3) is 0.632. The second-order valence-electron chi connectivity index (χ2n) is 6.78. The summed E-state index contributed by atoms with van der Waals surface area (Å²) in [7, 11) is 0. The summed E-state index contributed by atoms with van der Waals surface area (Å²) >= 11 is 0. The van der Waals surface area contributed by atoms with Crippen LogP contribution in [-0.4, -0.2) is 56.4 Å². The number of ether oxygens (including phenoxy) is 2. The lowest BCUT2D eigenvalue weighted by molar-refractivity contribution is -0.125. The molecule has 1 amide bonds. The maximum absolute atomic E-state index is 12.1. The molecular formula is C19H28N2O3.